The van der Waals surface area contributed by atoms with Gasteiger partial charge in [-0.1, -0.05) is 29.8 Å². The van der Waals surface area contributed by atoms with E-state index in [2.05, 4.69) is 46.9 Å². The Morgan fingerprint density at radius 2 is 2.10 bits per heavy atom. The van der Waals surface area contributed by atoms with Gasteiger partial charge in [-0.05, 0) is 24.3 Å². The number of aromatic nitrogens is 1. The molecule has 0 spiro atoms. The van der Waals surface area contributed by atoms with Crippen molar-refractivity contribution >= 4 is 15.9 Å². The van der Waals surface area contributed by atoms with Gasteiger partial charge in [-0.3, -0.25) is 0 Å². The number of pyridine rings is 1. The minimum absolute atomic E-state index is 0.0172. The monoisotopic (exact) mass is 333 g/mol. The van der Waals surface area contributed by atoms with Crippen LogP contribution in [-0.4, -0.2) is 18.7 Å². The summed E-state index contributed by atoms with van der Waals surface area (Å²) >= 11 is 3.59. The van der Waals surface area contributed by atoms with Crippen molar-refractivity contribution in [1.29, 1.82) is 0 Å². The highest BCUT2D eigenvalue weighted by Gasteiger charge is 2.34. The van der Waals surface area contributed by atoms with E-state index in [9.17, 15) is 0 Å². The fourth-order valence-corrected chi connectivity index (χ4v) is 3.00. The average Bonchev–Trinajstić information content (AvgIpc) is 2.74. The van der Waals surface area contributed by atoms with E-state index in [1.54, 1.807) is 13.3 Å². The predicted molar refractivity (Wildman–Crippen MR) is 82.4 cm³/mol. The molecule has 2 heterocycles. The van der Waals surface area contributed by atoms with Crippen LogP contribution in [0.1, 0.15) is 19.4 Å². The number of hydrogen-bond donors (Lipinski definition) is 0. The Balaban J connectivity index is 2.26. The van der Waals surface area contributed by atoms with Gasteiger partial charge in [0.05, 0.1) is 13.7 Å². The molecule has 0 N–H and O–H groups in total. The van der Waals surface area contributed by atoms with Gasteiger partial charge in [0.2, 0.25) is 5.88 Å². The lowest BCUT2D eigenvalue weighted by atomic mass is 9.85. The molecule has 104 valence electrons. The van der Waals surface area contributed by atoms with E-state index in [0.717, 1.165) is 21.3 Å². The van der Waals surface area contributed by atoms with Crippen LogP contribution in [0.5, 0.6) is 11.6 Å². The number of fused-ring (bicyclic) bond motifs is 1. The van der Waals surface area contributed by atoms with Crippen molar-refractivity contribution < 1.29 is 9.47 Å². The fourth-order valence-electron chi connectivity index (χ4n) is 2.54. The molecule has 2 aromatic rings. The van der Waals surface area contributed by atoms with Crippen LogP contribution in [0.4, 0.5) is 0 Å². The molecule has 0 bridgehead atoms. The molecule has 4 heteroatoms. The Morgan fingerprint density at radius 3 is 2.85 bits per heavy atom. The summed E-state index contributed by atoms with van der Waals surface area (Å²) in [7, 11) is 1.63. The molecule has 0 amide bonds. The quantitative estimate of drug-likeness (QED) is 0.825. The molecule has 0 saturated carbocycles. The maximum atomic E-state index is 5.95. The number of methoxy groups -OCH3 is 1. The van der Waals surface area contributed by atoms with Gasteiger partial charge in [-0.15, -0.1) is 0 Å². The zero-order valence-corrected chi connectivity index (χ0v) is 13.3. The molecule has 1 aromatic carbocycles. The third kappa shape index (κ3) is 2.08. The molecule has 0 saturated heterocycles. The van der Waals surface area contributed by atoms with Crippen molar-refractivity contribution in [1.82, 2.24) is 4.98 Å². The van der Waals surface area contributed by atoms with Crippen molar-refractivity contribution in [3.63, 3.8) is 0 Å². The summed E-state index contributed by atoms with van der Waals surface area (Å²) in [5.74, 6) is 1.55. The summed E-state index contributed by atoms with van der Waals surface area (Å²) in [6.07, 6.45) is 1.73. The van der Waals surface area contributed by atoms with Gasteiger partial charge < -0.3 is 9.47 Å². The van der Waals surface area contributed by atoms with Gasteiger partial charge in [-0.25, -0.2) is 4.98 Å². The minimum Gasteiger partial charge on any atom is -0.492 e. The summed E-state index contributed by atoms with van der Waals surface area (Å²) in [5.41, 5.74) is 3.20. The lowest BCUT2D eigenvalue weighted by Crippen LogP contribution is -2.18. The fraction of sp³-hybridized carbons (Fsp3) is 0.312. The Kier molecular flexibility index (Phi) is 3.21. The molecule has 0 atom stereocenters. The molecule has 3 nitrogen and oxygen atoms in total. The van der Waals surface area contributed by atoms with Crippen molar-refractivity contribution in [2.24, 2.45) is 0 Å². The summed E-state index contributed by atoms with van der Waals surface area (Å²) in [6.45, 7) is 5.07. The van der Waals surface area contributed by atoms with Crippen LogP contribution in [0.15, 0.2) is 34.9 Å². The summed E-state index contributed by atoms with van der Waals surface area (Å²) in [4.78, 5) is 4.27. The summed E-state index contributed by atoms with van der Waals surface area (Å²) in [5, 5.41) is 0. The van der Waals surface area contributed by atoms with Crippen LogP contribution >= 0.6 is 15.9 Å². The third-order valence-corrected chi connectivity index (χ3v) is 4.07. The number of hydrogen-bond acceptors (Lipinski definition) is 3. The third-order valence-electron chi connectivity index (χ3n) is 3.61. The molecule has 20 heavy (non-hydrogen) atoms. The Morgan fingerprint density at radius 1 is 1.30 bits per heavy atom. The van der Waals surface area contributed by atoms with Crippen LogP contribution in [0.25, 0.3) is 11.1 Å². The standard InChI is InChI=1S/C16H16BrNO2/c1-16(2)9-20-14-12(7-10(17)8-13(14)16)11-5-4-6-18-15(11)19-3/h4-8H,9H2,1-3H3. The average molecular weight is 334 g/mol. The Hall–Kier alpha value is -1.55. The molecule has 3 rings (SSSR count). The van der Waals surface area contributed by atoms with Gasteiger partial charge in [0.1, 0.15) is 5.75 Å². The van der Waals surface area contributed by atoms with E-state index in [1.165, 1.54) is 5.56 Å². The topological polar surface area (TPSA) is 31.4 Å². The van der Waals surface area contributed by atoms with E-state index in [1.807, 2.05) is 12.1 Å². The maximum absolute atomic E-state index is 5.95. The van der Waals surface area contributed by atoms with E-state index >= 15 is 0 Å². The number of benzene rings is 1. The van der Waals surface area contributed by atoms with Gasteiger partial charge in [0.15, 0.2) is 0 Å². The minimum atomic E-state index is 0.0172. The number of nitrogens with zero attached hydrogens (tertiary/aromatic N) is 1. The lowest BCUT2D eigenvalue weighted by molar-refractivity contribution is 0.291. The largest absolute Gasteiger partial charge is 0.492 e. The van der Waals surface area contributed by atoms with E-state index < -0.39 is 0 Å². The molecule has 0 aliphatic carbocycles. The second-order valence-corrected chi connectivity index (χ2v) is 6.48. The zero-order chi connectivity index (χ0) is 14.3. The first-order valence-corrected chi connectivity index (χ1v) is 7.28. The van der Waals surface area contributed by atoms with Crippen molar-refractivity contribution in [3.05, 3.63) is 40.5 Å². The molecule has 0 fully saturated rings. The van der Waals surface area contributed by atoms with Crippen LogP contribution in [0.2, 0.25) is 0 Å². The SMILES string of the molecule is COc1ncccc1-c1cc(Br)cc2c1OCC2(C)C. The summed E-state index contributed by atoms with van der Waals surface area (Å²) < 4.78 is 12.4. The van der Waals surface area contributed by atoms with Gasteiger partial charge in [0, 0.05) is 32.8 Å². The second kappa shape index (κ2) is 4.77. The molecule has 1 aliphatic heterocycles. The van der Waals surface area contributed by atoms with Crippen molar-refractivity contribution in [3.8, 4) is 22.8 Å². The lowest BCUT2D eigenvalue weighted by Gasteiger charge is -2.16. The van der Waals surface area contributed by atoms with E-state index in [-0.39, 0.29) is 5.41 Å². The second-order valence-electron chi connectivity index (χ2n) is 5.56. The molecule has 0 radical (unpaired) electrons. The molecular formula is C16H16BrNO2. The van der Waals surface area contributed by atoms with Crippen LogP contribution in [0, 0.1) is 0 Å². The van der Waals surface area contributed by atoms with Gasteiger partial charge >= 0.3 is 0 Å². The van der Waals surface area contributed by atoms with Crippen molar-refractivity contribution in [2.75, 3.05) is 13.7 Å². The molecule has 1 aromatic heterocycles. The number of rotatable bonds is 2. The smallest absolute Gasteiger partial charge is 0.221 e. The van der Waals surface area contributed by atoms with Gasteiger partial charge in [0.25, 0.3) is 0 Å². The zero-order valence-electron chi connectivity index (χ0n) is 11.7. The Bertz CT molecular complexity index is 668. The first-order chi connectivity index (χ1) is 9.53. The molecule has 0 unspecified atom stereocenters. The van der Waals surface area contributed by atoms with E-state index in [0.29, 0.717) is 12.5 Å². The number of ether oxygens (including phenoxy) is 2. The van der Waals surface area contributed by atoms with E-state index in [4.69, 9.17) is 9.47 Å². The van der Waals surface area contributed by atoms with Gasteiger partial charge in [-0.2, -0.15) is 0 Å². The molecular weight excluding hydrogens is 318 g/mol. The first-order valence-electron chi connectivity index (χ1n) is 6.49. The van der Waals surface area contributed by atoms with Crippen LogP contribution < -0.4 is 9.47 Å². The highest BCUT2D eigenvalue weighted by Crippen LogP contribution is 2.47. The molecule has 1 aliphatic rings. The van der Waals surface area contributed by atoms with Crippen LogP contribution in [-0.2, 0) is 5.41 Å². The normalized spacial score (nSPS) is 15.6. The Labute approximate surface area is 127 Å². The first kappa shape index (κ1) is 13.4. The predicted octanol–water partition coefficient (Wildman–Crippen LogP) is 4.19. The highest BCUT2D eigenvalue weighted by molar-refractivity contribution is 9.10. The number of halogens is 1. The maximum Gasteiger partial charge on any atom is 0.221 e. The summed E-state index contributed by atoms with van der Waals surface area (Å²) in [6, 6.07) is 8.10. The van der Waals surface area contributed by atoms with Crippen molar-refractivity contribution in [2.45, 2.75) is 19.3 Å². The van der Waals surface area contributed by atoms with Crippen LogP contribution in [0.3, 0.4) is 0 Å². The highest BCUT2D eigenvalue weighted by atomic mass is 79.9.